The van der Waals surface area contributed by atoms with Crippen molar-refractivity contribution < 1.29 is 9.47 Å². The summed E-state index contributed by atoms with van der Waals surface area (Å²) >= 11 is 0. The molecule has 114 valence electrons. The van der Waals surface area contributed by atoms with Crippen LogP contribution < -0.4 is 5.73 Å². The molecule has 1 saturated heterocycles. The molecule has 0 aromatic heterocycles. The van der Waals surface area contributed by atoms with Crippen LogP contribution in [0, 0.1) is 0 Å². The Kier molecular flexibility index (Phi) is 6.69. The van der Waals surface area contributed by atoms with Crippen molar-refractivity contribution in [2.24, 2.45) is 5.73 Å². The van der Waals surface area contributed by atoms with Crippen LogP contribution in [0.2, 0.25) is 0 Å². The maximum Gasteiger partial charge on any atom is 0.158 e. The van der Waals surface area contributed by atoms with Crippen LogP contribution in [-0.4, -0.2) is 75.6 Å². The van der Waals surface area contributed by atoms with Crippen molar-refractivity contribution >= 4 is 0 Å². The Bertz CT molecular complexity index is 259. The molecule has 2 atom stereocenters. The van der Waals surface area contributed by atoms with Crippen LogP contribution in [0.15, 0.2) is 0 Å². The molecular weight excluding hydrogens is 242 g/mol. The Morgan fingerprint density at radius 1 is 1.37 bits per heavy atom. The number of methoxy groups -OCH3 is 2. The first-order valence-corrected chi connectivity index (χ1v) is 7.14. The van der Waals surface area contributed by atoms with E-state index in [0.717, 1.165) is 19.5 Å². The van der Waals surface area contributed by atoms with Gasteiger partial charge in [-0.1, -0.05) is 0 Å². The number of nitrogens with zero attached hydrogens (tertiary/aromatic N) is 2. The van der Waals surface area contributed by atoms with Crippen LogP contribution in [0.4, 0.5) is 0 Å². The molecular formula is C14H31N3O2. The molecule has 5 nitrogen and oxygen atoms in total. The zero-order valence-corrected chi connectivity index (χ0v) is 13.2. The van der Waals surface area contributed by atoms with Crippen molar-refractivity contribution in [1.82, 2.24) is 9.80 Å². The zero-order chi connectivity index (χ0) is 14.5. The second-order valence-electron chi connectivity index (χ2n) is 6.06. The maximum absolute atomic E-state index is 6.07. The average molecular weight is 273 g/mol. The van der Waals surface area contributed by atoms with E-state index < -0.39 is 0 Å². The molecule has 1 aliphatic rings. The molecule has 2 N–H and O–H groups in total. The van der Waals surface area contributed by atoms with Crippen LogP contribution in [0.3, 0.4) is 0 Å². The van der Waals surface area contributed by atoms with Gasteiger partial charge in [-0.3, -0.25) is 4.90 Å². The van der Waals surface area contributed by atoms with Crippen LogP contribution in [0.25, 0.3) is 0 Å². The van der Waals surface area contributed by atoms with Gasteiger partial charge >= 0.3 is 0 Å². The summed E-state index contributed by atoms with van der Waals surface area (Å²) in [6.07, 6.45) is 3.12. The van der Waals surface area contributed by atoms with Crippen molar-refractivity contribution in [3.63, 3.8) is 0 Å². The van der Waals surface area contributed by atoms with E-state index in [-0.39, 0.29) is 11.8 Å². The minimum atomic E-state index is -0.186. The minimum Gasteiger partial charge on any atom is -0.356 e. The molecule has 0 aliphatic carbocycles. The number of nitrogens with two attached hydrogens (primary N) is 1. The highest BCUT2D eigenvalue weighted by Gasteiger charge is 2.40. The summed E-state index contributed by atoms with van der Waals surface area (Å²) in [7, 11) is 7.63. The number of hydrogen-bond donors (Lipinski definition) is 1. The Balaban J connectivity index is 2.75. The second kappa shape index (κ2) is 7.55. The highest BCUT2D eigenvalue weighted by Crippen LogP contribution is 2.30. The van der Waals surface area contributed by atoms with Crippen molar-refractivity contribution in [2.45, 2.75) is 44.1 Å². The Hall–Kier alpha value is -0.200. The molecule has 5 heteroatoms. The predicted molar refractivity (Wildman–Crippen MR) is 78.2 cm³/mol. The predicted octanol–water partition coefficient (Wildman–Crippen LogP) is 0.739. The van der Waals surface area contributed by atoms with Crippen LogP contribution in [0.1, 0.15) is 26.2 Å². The van der Waals surface area contributed by atoms with Gasteiger partial charge in [-0.2, -0.15) is 0 Å². The standard InChI is InChI=1S/C14H31N3O2/c1-14(11-15,9-13(18-4)19-5)17-8-6-7-12(17)10-16(2)3/h12-13H,6-11,15H2,1-5H3. The summed E-state index contributed by atoms with van der Waals surface area (Å²) in [5.74, 6) is 0. The van der Waals surface area contributed by atoms with Gasteiger partial charge < -0.3 is 20.1 Å². The van der Waals surface area contributed by atoms with Gasteiger partial charge in [0.15, 0.2) is 6.29 Å². The minimum absolute atomic E-state index is 0.0616. The van der Waals surface area contributed by atoms with Gasteiger partial charge in [0.05, 0.1) is 0 Å². The fourth-order valence-corrected chi connectivity index (χ4v) is 3.10. The molecule has 0 saturated carbocycles. The lowest BCUT2D eigenvalue weighted by Gasteiger charge is -2.43. The number of rotatable bonds is 8. The first-order chi connectivity index (χ1) is 8.96. The summed E-state index contributed by atoms with van der Waals surface area (Å²) in [6, 6.07) is 0.581. The van der Waals surface area contributed by atoms with Crippen LogP contribution >= 0.6 is 0 Å². The normalized spacial score (nSPS) is 24.3. The Morgan fingerprint density at radius 2 is 2.00 bits per heavy atom. The van der Waals surface area contributed by atoms with E-state index in [1.807, 2.05) is 0 Å². The molecule has 1 fully saturated rings. The first kappa shape index (κ1) is 16.9. The van der Waals surface area contributed by atoms with Gasteiger partial charge in [-0.15, -0.1) is 0 Å². The zero-order valence-electron chi connectivity index (χ0n) is 13.2. The third kappa shape index (κ3) is 4.39. The van der Waals surface area contributed by atoms with Crippen LogP contribution in [-0.2, 0) is 9.47 Å². The number of hydrogen-bond acceptors (Lipinski definition) is 5. The number of likely N-dealkylation sites (tertiary alicyclic amines) is 1. The molecule has 19 heavy (non-hydrogen) atoms. The molecule has 0 aromatic rings. The summed E-state index contributed by atoms with van der Waals surface area (Å²) in [4.78, 5) is 4.81. The van der Waals surface area contributed by atoms with Gasteiger partial charge in [-0.05, 0) is 40.4 Å². The molecule has 0 spiro atoms. The second-order valence-corrected chi connectivity index (χ2v) is 6.06. The van der Waals surface area contributed by atoms with Crippen molar-refractivity contribution in [3.8, 4) is 0 Å². The van der Waals surface area contributed by atoms with Gasteiger partial charge in [0.1, 0.15) is 0 Å². The fourth-order valence-electron chi connectivity index (χ4n) is 3.10. The van der Waals surface area contributed by atoms with E-state index >= 15 is 0 Å². The SMILES string of the molecule is COC(CC(C)(CN)N1CCCC1CN(C)C)OC. The summed E-state index contributed by atoms with van der Waals surface area (Å²) in [6.45, 7) is 5.05. The van der Waals surface area contributed by atoms with Gasteiger partial charge in [0.25, 0.3) is 0 Å². The quantitative estimate of drug-likeness (QED) is 0.661. The molecule has 0 bridgehead atoms. The van der Waals surface area contributed by atoms with Crippen molar-refractivity contribution in [3.05, 3.63) is 0 Å². The molecule has 0 amide bonds. The van der Waals surface area contributed by atoms with Crippen molar-refractivity contribution in [1.29, 1.82) is 0 Å². The highest BCUT2D eigenvalue weighted by molar-refractivity contribution is 4.96. The van der Waals surface area contributed by atoms with Crippen LogP contribution in [0.5, 0.6) is 0 Å². The Labute approximate surface area is 118 Å². The van der Waals surface area contributed by atoms with Gasteiger partial charge in [-0.25, -0.2) is 0 Å². The van der Waals surface area contributed by atoms with E-state index in [2.05, 4.69) is 30.8 Å². The van der Waals surface area contributed by atoms with Crippen molar-refractivity contribution in [2.75, 3.05) is 47.9 Å². The highest BCUT2D eigenvalue weighted by atomic mass is 16.7. The smallest absolute Gasteiger partial charge is 0.158 e. The van der Waals surface area contributed by atoms with Gasteiger partial charge in [0, 0.05) is 45.3 Å². The summed E-state index contributed by atoms with van der Waals surface area (Å²) < 4.78 is 10.7. The topological polar surface area (TPSA) is 51.0 Å². The van der Waals surface area contributed by atoms with E-state index in [1.54, 1.807) is 14.2 Å². The largest absolute Gasteiger partial charge is 0.356 e. The van der Waals surface area contributed by atoms with Gasteiger partial charge in [0.2, 0.25) is 0 Å². The van der Waals surface area contributed by atoms with E-state index in [1.165, 1.54) is 12.8 Å². The lowest BCUT2D eigenvalue weighted by atomic mass is 9.93. The third-order valence-corrected chi connectivity index (χ3v) is 4.22. The molecule has 0 aromatic carbocycles. The molecule has 1 rings (SSSR count). The maximum atomic E-state index is 6.07. The molecule has 0 radical (unpaired) electrons. The first-order valence-electron chi connectivity index (χ1n) is 7.14. The number of likely N-dealkylation sites (N-methyl/N-ethyl adjacent to an activating group) is 1. The third-order valence-electron chi connectivity index (χ3n) is 4.22. The molecule has 1 aliphatic heterocycles. The monoisotopic (exact) mass is 273 g/mol. The van der Waals surface area contributed by atoms with E-state index in [4.69, 9.17) is 15.2 Å². The summed E-state index contributed by atoms with van der Waals surface area (Å²) in [5, 5.41) is 0. The average Bonchev–Trinajstić information content (AvgIpc) is 2.83. The van der Waals surface area contributed by atoms with E-state index in [0.29, 0.717) is 12.6 Å². The molecule has 2 unspecified atom stereocenters. The lowest BCUT2D eigenvalue weighted by Crippen LogP contribution is -2.57. The number of ether oxygens (including phenoxy) is 2. The van der Waals surface area contributed by atoms with E-state index in [9.17, 15) is 0 Å². The molecule has 1 heterocycles. The summed E-state index contributed by atoms with van der Waals surface area (Å²) in [5.41, 5.74) is 6.01. The Morgan fingerprint density at radius 3 is 2.47 bits per heavy atom. The fraction of sp³-hybridized carbons (Fsp3) is 1.00. The lowest BCUT2D eigenvalue weighted by molar-refractivity contribution is -0.130.